The molecule has 1 aliphatic heterocycles. The van der Waals surface area contributed by atoms with Crippen LogP contribution in [0, 0.1) is 11.5 Å². The Balaban J connectivity index is 2.15. The van der Waals surface area contributed by atoms with Gasteiger partial charge in [-0.25, -0.2) is 0 Å². The van der Waals surface area contributed by atoms with Crippen molar-refractivity contribution in [3.05, 3.63) is 59.2 Å². The van der Waals surface area contributed by atoms with Gasteiger partial charge in [0.2, 0.25) is 0 Å². The predicted molar refractivity (Wildman–Crippen MR) is 77.4 cm³/mol. The first-order chi connectivity index (χ1) is 9.70. The largest absolute Gasteiger partial charge is 0.389 e. The second-order valence-electron chi connectivity index (χ2n) is 5.16. The van der Waals surface area contributed by atoms with Crippen LogP contribution in [0.4, 0.5) is 0 Å². The molecule has 3 nitrogen and oxygen atoms in total. The van der Waals surface area contributed by atoms with Crippen molar-refractivity contribution < 1.29 is 5.11 Å². The maximum Gasteiger partial charge on any atom is 0.179 e. The molecule has 1 atom stereocenters. The van der Waals surface area contributed by atoms with Crippen LogP contribution in [-0.4, -0.2) is 10.0 Å². The summed E-state index contributed by atoms with van der Waals surface area (Å²) in [5.41, 5.74) is 5.50. The van der Waals surface area contributed by atoms with Gasteiger partial charge in [0.05, 0.1) is 19.2 Å². The lowest BCUT2D eigenvalue weighted by Crippen LogP contribution is -2.07. The van der Waals surface area contributed by atoms with Crippen molar-refractivity contribution in [2.75, 3.05) is 0 Å². The molecule has 3 rings (SSSR count). The molecule has 1 heterocycles. The molecule has 0 aliphatic carbocycles. The van der Waals surface area contributed by atoms with Gasteiger partial charge in [0, 0.05) is 0 Å². The average Bonchev–Trinajstić information content (AvgIpc) is 2.90. The Bertz CT molecular complexity index is 686. The zero-order chi connectivity index (χ0) is 14.1. The van der Waals surface area contributed by atoms with E-state index in [0.29, 0.717) is 13.1 Å². The molecule has 0 amide bonds. The highest BCUT2D eigenvalue weighted by Gasteiger charge is 2.22. The third-order valence-corrected chi connectivity index (χ3v) is 3.83. The number of benzene rings is 2. The number of nitriles is 1. The van der Waals surface area contributed by atoms with Crippen LogP contribution in [0.15, 0.2) is 42.5 Å². The van der Waals surface area contributed by atoms with Gasteiger partial charge >= 0.3 is 0 Å². The van der Waals surface area contributed by atoms with E-state index in [0.717, 1.165) is 16.7 Å². The van der Waals surface area contributed by atoms with Gasteiger partial charge in [0.1, 0.15) is 0 Å². The molecule has 0 fully saturated rings. The van der Waals surface area contributed by atoms with E-state index in [4.69, 9.17) is 5.26 Å². The van der Waals surface area contributed by atoms with E-state index in [-0.39, 0.29) is 0 Å². The Hall–Kier alpha value is -2.31. The molecule has 0 saturated carbocycles. The van der Waals surface area contributed by atoms with Gasteiger partial charge < -0.3 is 10.0 Å². The Kier molecular flexibility index (Phi) is 3.17. The highest BCUT2D eigenvalue weighted by molar-refractivity contribution is 5.73. The van der Waals surface area contributed by atoms with E-state index in [1.165, 1.54) is 11.1 Å². The summed E-state index contributed by atoms with van der Waals surface area (Å²) >= 11 is 0. The molecular weight excluding hydrogens is 248 g/mol. The van der Waals surface area contributed by atoms with Crippen molar-refractivity contribution in [3.8, 4) is 17.3 Å². The van der Waals surface area contributed by atoms with Crippen LogP contribution in [0.5, 0.6) is 0 Å². The van der Waals surface area contributed by atoms with Gasteiger partial charge in [0.15, 0.2) is 6.19 Å². The number of hydrogen-bond donors (Lipinski definition) is 1. The second-order valence-corrected chi connectivity index (χ2v) is 5.16. The van der Waals surface area contributed by atoms with E-state index < -0.39 is 6.10 Å². The van der Waals surface area contributed by atoms with Crippen LogP contribution < -0.4 is 0 Å². The number of aliphatic hydroxyl groups excluding tert-OH is 1. The Morgan fingerprint density at radius 2 is 1.85 bits per heavy atom. The Morgan fingerprint density at radius 1 is 1.10 bits per heavy atom. The molecule has 0 bridgehead atoms. The molecule has 0 saturated heterocycles. The molecule has 0 radical (unpaired) electrons. The highest BCUT2D eigenvalue weighted by atomic mass is 16.3. The summed E-state index contributed by atoms with van der Waals surface area (Å²) in [5, 5.41) is 19.0. The van der Waals surface area contributed by atoms with Gasteiger partial charge in [-0.2, -0.15) is 5.26 Å². The SMILES string of the molecule is C[C@H](O)c1ccccc1-c1cccc2c1CN(C#N)C2. The van der Waals surface area contributed by atoms with Crippen molar-refractivity contribution >= 4 is 0 Å². The van der Waals surface area contributed by atoms with Gasteiger partial charge in [-0.3, -0.25) is 0 Å². The third-order valence-electron chi connectivity index (χ3n) is 3.83. The van der Waals surface area contributed by atoms with Crippen molar-refractivity contribution in [2.45, 2.75) is 26.1 Å². The molecule has 1 aliphatic rings. The fourth-order valence-electron chi connectivity index (χ4n) is 2.85. The van der Waals surface area contributed by atoms with Crippen LogP contribution >= 0.6 is 0 Å². The lowest BCUT2D eigenvalue weighted by Gasteiger charge is -2.15. The van der Waals surface area contributed by atoms with Crippen LogP contribution in [-0.2, 0) is 13.1 Å². The minimum Gasteiger partial charge on any atom is -0.389 e. The molecule has 0 aromatic heterocycles. The average molecular weight is 264 g/mol. The lowest BCUT2D eigenvalue weighted by atomic mass is 9.92. The first kappa shape index (κ1) is 12.7. The summed E-state index contributed by atoms with van der Waals surface area (Å²) in [6.07, 6.45) is 1.71. The van der Waals surface area contributed by atoms with E-state index >= 15 is 0 Å². The standard InChI is InChI=1S/C17H16N2O/c1-12(20)14-6-2-3-7-15(14)16-8-4-5-13-9-19(11-18)10-17(13)16/h2-8,12,20H,9-10H2,1H3/t12-/m0/s1. The molecule has 2 aromatic rings. The minimum atomic E-state index is -0.504. The predicted octanol–water partition coefficient (Wildman–Crippen LogP) is 3.20. The molecule has 0 unspecified atom stereocenters. The number of hydrogen-bond acceptors (Lipinski definition) is 3. The molecule has 2 aromatic carbocycles. The van der Waals surface area contributed by atoms with E-state index in [9.17, 15) is 5.11 Å². The Morgan fingerprint density at radius 3 is 2.60 bits per heavy atom. The summed E-state index contributed by atoms with van der Waals surface area (Å²) < 4.78 is 0. The summed E-state index contributed by atoms with van der Waals surface area (Å²) in [5.74, 6) is 0. The van der Waals surface area contributed by atoms with Gasteiger partial charge in [-0.05, 0) is 34.7 Å². The maximum absolute atomic E-state index is 9.95. The van der Waals surface area contributed by atoms with E-state index in [1.807, 2.05) is 30.3 Å². The quantitative estimate of drug-likeness (QED) is 0.847. The molecule has 20 heavy (non-hydrogen) atoms. The molecule has 100 valence electrons. The number of fused-ring (bicyclic) bond motifs is 1. The van der Waals surface area contributed by atoms with Crippen molar-refractivity contribution in [1.82, 2.24) is 4.90 Å². The molecular formula is C17H16N2O. The fourth-order valence-corrected chi connectivity index (χ4v) is 2.85. The number of nitrogens with zero attached hydrogens (tertiary/aromatic N) is 2. The van der Waals surface area contributed by atoms with Crippen molar-refractivity contribution in [2.24, 2.45) is 0 Å². The fraction of sp³-hybridized carbons (Fsp3) is 0.235. The van der Waals surface area contributed by atoms with Crippen molar-refractivity contribution in [3.63, 3.8) is 0 Å². The molecule has 1 N–H and O–H groups in total. The third kappa shape index (κ3) is 2.04. The zero-order valence-electron chi connectivity index (χ0n) is 11.4. The molecule has 3 heteroatoms. The molecule has 0 spiro atoms. The highest BCUT2D eigenvalue weighted by Crippen LogP contribution is 2.35. The van der Waals surface area contributed by atoms with Crippen LogP contribution in [0.1, 0.15) is 29.7 Å². The summed E-state index contributed by atoms with van der Waals surface area (Å²) in [6, 6.07) is 14.1. The smallest absolute Gasteiger partial charge is 0.179 e. The van der Waals surface area contributed by atoms with Gasteiger partial charge in [-0.15, -0.1) is 0 Å². The monoisotopic (exact) mass is 264 g/mol. The summed E-state index contributed by atoms with van der Waals surface area (Å²) in [6.45, 7) is 3.11. The van der Waals surface area contributed by atoms with Gasteiger partial charge in [-0.1, -0.05) is 42.5 Å². The summed E-state index contributed by atoms with van der Waals surface area (Å²) in [7, 11) is 0. The van der Waals surface area contributed by atoms with E-state index in [1.54, 1.807) is 11.8 Å². The first-order valence-electron chi connectivity index (χ1n) is 6.73. The minimum absolute atomic E-state index is 0.504. The zero-order valence-corrected chi connectivity index (χ0v) is 11.4. The van der Waals surface area contributed by atoms with Crippen LogP contribution in [0.3, 0.4) is 0 Å². The van der Waals surface area contributed by atoms with Crippen LogP contribution in [0.25, 0.3) is 11.1 Å². The maximum atomic E-state index is 9.95. The van der Waals surface area contributed by atoms with E-state index in [2.05, 4.69) is 18.3 Å². The topological polar surface area (TPSA) is 47.3 Å². The normalized spacial score (nSPS) is 14.8. The summed E-state index contributed by atoms with van der Waals surface area (Å²) in [4.78, 5) is 1.75. The first-order valence-corrected chi connectivity index (χ1v) is 6.73. The van der Waals surface area contributed by atoms with Gasteiger partial charge in [0.25, 0.3) is 0 Å². The number of aliphatic hydroxyl groups is 1. The lowest BCUT2D eigenvalue weighted by molar-refractivity contribution is 0.200. The van der Waals surface area contributed by atoms with Crippen molar-refractivity contribution in [1.29, 1.82) is 5.26 Å². The second kappa shape index (κ2) is 4.99. The number of rotatable bonds is 2. The Labute approximate surface area is 118 Å². The van der Waals surface area contributed by atoms with Crippen LogP contribution in [0.2, 0.25) is 0 Å².